The Balaban J connectivity index is 2.01. The van der Waals surface area contributed by atoms with Crippen LogP contribution in [-0.2, 0) is 11.3 Å². The molecule has 0 spiro atoms. The number of amides is 1. The Hall–Kier alpha value is -2.38. The molecule has 94 valence electrons. The van der Waals surface area contributed by atoms with Crippen molar-refractivity contribution in [1.82, 2.24) is 5.32 Å². The van der Waals surface area contributed by atoms with E-state index in [1.807, 2.05) is 53.2 Å². The highest BCUT2D eigenvalue weighted by molar-refractivity contribution is 7.08. The third-order valence-electron chi connectivity index (χ3n) is 2.52. The Bertz CT molecular complexity index is 609. The van der Waals surface area contributed by atoms with Crippen molar-refractivity contribution >= 4 is 23.3 Å². The summed E-state index contributed by atoms with van der Waals surface area (Å²) in [6.07, 6.45) is 1.59. The summed E-state index contributed by atoms with van der Waals surface area (Å²) in [5, 5.41) is 15.5. The third kappa shape index (κ3) is 3.80. The monoisotopic (exact) mass is 268 g/mol. The minimum Gasteiger partial charge on any atom is -0.347 e. The number of benzene rings is 1. The highest BCUT2D eigenvalue weighted by Crippen LogP contribution is 2.11. The van der Waals surface area contributed by atoms with Crippen LogP contribution in [0.5, 0.6) is 0 Å². The van der Waals surface area contributed by atoms with Gasteiger partial charge in [0.05, 0.1) is 0 Å². The van der Waals surface area contributed by atoms with Crippen molar-refractivity contribution in [2.45, 2.75) is 6.54 Å². The van der Waals surface area contributed by atoms with Crippen molar-refractivity contribution in [1.29, 1.82) is 5.26 Å². The van der Waals surface area contributed by atoms with Crippen LogP contribution in [0.1, 0.15) is 11.1 Å². The predicted octanol–water partition coefficient (Wildman–Crippen LogP) is 2.97. The van der Waals surface area contributed by atoms with Gasteiger partial charge in [-0.15, -0.1) is 0 Å². The van der Waals surface area contributed by atoms with Crippen LogP contribution < -0.4 is 5.32 Å². The molecule has 0 saturated carbocycles. The van der Waals surface area contributed by atoms with Gasteiger partial charge >= 0.3 is 0 Å². The molecule has 1 aromatic heterocycles. The summed E-state index contributed by atoms with van der Waals surface area (Å²) < 4.78 is 0. The number of hydrogen-bond acceptors (Lipinski definition) is 3. The largest absolute Gasteiger partial charge is 0.347 e. The van der Waals surface area contributed by atoms with Crippen LogP contribution in [0.25, 0.3) is 6.08 Å². The molecule has 0 aliphatic heterocycles. The van der Waals surface area contributed by atoms with Crippen molar-refractivity contribution in [2.75, 3.05) is 0 Å². The van der Waals surface area contributed by atoms with Gasteiger partial charge in [0.15, 0.2) is 0 Å². The summed E-state index contributed by atoms with van der Waals surface area (Å²) in [6.45, 7) is 0.419. The van der Waals surface area contributed by atoms with Gasteiger partial charge in [-0.3, -0.25) is 4.79 Å². The molecule has 2 aromatic rings. The Morgan fingerprint density at radius 2 is 2.11 bits per heavy atom. The molecule has 0 atom stereocenters. The van der Waals surface area contributed by atoms with Crippen LogP contribution in [0.2, 0.25) is 0 Å². The molecule has 4 heteroatoms. The van der Waals surface area contributed by atoms with E-state index in [1.165, 1.54) is 11.3 Å². The standard InChI is InChI=1S/C15H12N2OS/c16-9-14(8-13-6-7-19-11-13)15(18)17-10-12-4-2-1-3-5-12/h1-8,11H,10H2,(H,17,18)/b14-8-. The third-order valence-corrected chi connectivity index (χ3v) is 3.22. The van der Waals surface area contributed by atoms with Gasteiger partial charge in [0.25, 0.3) is 5.91 Å². The van der Waals surface area contributed by atoms with Crippen molar-refractivity contribution in [2.24, 2.45) is 0 Å². The molecule has 0 radical (unpaired) electrons. The van der Waals surface area contributed by atoms with E-state index in [0.717, 1.165) is 11.1 Å². The molecule has 1 heterocycles. The number of nitrogens with one attached hydrogen (secondary N) is 1. The van der Waals surface area contributed by atoms with Gasteiger partial charge in [0.2, 0.25) is 0 Å². The molecular weight excluding hydrogens is 256 g/mol. The normalized spacial score (nSPS) is 10.8. The lowest BCUT2D eigenvalue weighted by atomic mass is 10.2. The molecular formula is C15H12N2OS. The van der Waals surface area contributed by atoms with Crippen LogP contribution in [-0.4, -0.2) is 5.91 Å². The first-order chi connectivity index (χ1) is 9.29. The number of nitrogens with zero attached hydrogens (tertiary/aromatic N) is 1. The van der Waals surface area contributed by atoms with Crippen LogP contribution in [0, 0.1) is 11.3 Å². The van der Waals surface area contributed by atoms with Crippen molar-refractivity contribution < 1.29 is 4.79 Å². The molecule has 0 saturated heterocycles. The fourth-order valence-electron chi connectivity index (χ4n) is 1.55. The summed E-state index contributed by atoms with van der Waals surface area (Å²) >= 11 is 1.53. The maximum Gasteiger partial charge on any atom is 0.262 e. The molecule has 0 unspecified atom stereocenters. The second-order valence-electron chi connectivity index (χ2n) is 3.89. The minimum atomic E-state index is -0.349. The highest BCUT2D eigenvalue weighted by Gasteiger charge is 2.08. The molecule has 2 rings (SSSR count). The van der Waals surface area contributed by atoms with Gasteiger partial charge in [-0.25, -0.2) is 0 Å². The topological polar surface area (TPSA) is 52.9 Å². The number of rotatable bonds is 4. The molecule has 0 aliphatic carbocycles. The molecule has 3 nitrogen and oxygen atoms in total. The quantitative estimate of drug-likeness (QED) is 0.684. The fraction of sp³-hybridized carbons (Fsp3) is 0.0667. The minimum absolute atomic E-state index is 0.120. The Labute approximate surface area is 115 Å². The lowest BCUT2D eigenvalue weighted by Gasteiger charge is -2.03. The van der Waals surface area contributed by atoms with E-state index in [9.17, 15) is 4.79 Å². The first kappa shape index (κ1) is 13.1. The van der Waals surface area contributed by atoms with Gasteiger partial charge in [-0.2, -0.15) is 16.6 Å². The van der Waals surface area contributed by atoms with E-state index < -0.39 is 0 Å². The zero-order valence-electron chi connectivity index (χ0n) is 10.2. The fourth-order valence-corrected chi connectivity index (χ4v) is 2.16. The van der Waals surface area contributed by atoms with Gasteiger partial charge in [0.1, 0.15) is 11.6 Å². The number of hydrogen-bond donors (Lipinski definition) is 1. The van der Waals surface area contributed by atoms with Gasteiger partial charge in [-0.1, -0.05) is 30.3 Å². The lowest BCUT2D eigenvalue weighted by Crippen LogP contribution is -2.23. The van der Waals surface area contributed by atoms with E-state index in [4.69, 9.17) is 5.26 Å². The Morgan fingerprint density at radius 3 is 2.74 bits per heavy atom. The number of thiophene rings is 1. The van der Waals surface area contributed by atoms with E-state index in [1.54, 1.807) is 6.08 Å². The second-order valence-corrected chi connectivity index (χ2v) is 4.67. The average Bonchev–Trinajstić information content (AvgIpc) is 2.96. The summed E-state index contributed by atoms with van der Waals surface area (Å²) in [5.74, 6) is -0.349. The van der Waals surface area contributed by atoms with Crippen molar-refractivity contribution in [3.05, 3.63) is 63.9 Å². The SMILES string of the molecule is N#C/C(=C/c1ccsc1)C(=O)NCc1ccccc1. The van der Waals surface area contributed by atoms with E-state index in [-0.39, 0.29) is 11.5 Å². The maximum atomic E-state index is 11.9. The molecule has 0 aliphatic rings. The summed E-state index contributed by atoms with van der Waals surface area (Å²) in [5.41, 5.74) is 1.99. The highest BCUT2D eigenvalue weighted by atomic mass is 32.1. The second kappa shape index (κ2) is 6.53. The molecule has 0 fully saturated rings. The van der Waals surface area contributed by atoms with Crippen molar-refractivity contribution in [3.8, 4) is 6.07 Å². The number of nitriles is 1. The Morgan fingerprint density at radius 1 is 1.32 bits per heavy atom. The van der Waals surface area contributed by atoms with Crippen LogP contribution in [0.15, 0.2) is 52.7 Å². The lowest BCUT2D eigenvalue weighted by molar-refractivity contribution is -0.117. The predicted molar refractivity (Wildman–Crippen MR) is 76.2 cm³/mol. The number of carbonyl (C=O) groups is 1. The average molecular weight is 268 g/mol. The summed E-state index contributed by atoms with van der Waals surface area (Å²) in [4.78, 5) is 11.9. The van der Waals surface area contributed by atoms with E-state index in [0.29, 0.717) is 6.54 Å². The molecule has 1 aromatic carbocycles. The van der Waals surface area contributed by atoms with Crippen LogP contribution >= 0.6 is 11.3 Å². The first-order valence-corrected chi connectivity index (χ1v) is 6.70. The Kier molecular flexibility index (Phi) is 4.49. The van der Waals surface area contributed by atoms with Crippen molar-refractivity contribution in [3.63, 3.8) is 0 Å². The zero-order valence-corrected chi connectivity index (χ0v) is 11.0. The van der Waals surface area contributed by atoms with Gasteiger partial charge in [0, 0.05) is 6.54 Å². The van der Waals surface area contributed by atoms with Gasteiger partial charge < -0.3 is 5.32 Å². The van der Waals surface area contributed by atoms with Crippen LogP contribution in [0.4, 0.5) is 0 Å². The first-order valence-electron chi connectivity index (χ1n) is 5.75. The number of carbonyl (C=O) groups excluding carboxylic acids is 1. The van der Waals surface area contributed by atoms with Crippen LogP contribution in [0.3, 0.4) is 0 Å². The molecule has 19 heavy (non-hydrogen) atoms. The molecule has 1 N–H and O–H groups in total. The maximum absolute atomic E-state index is 11.9. The van der Waals surface area contributed by atoms with E-state index in [2.05, 4.69) is 5.32 Å². The molecule has 0 bridgehead atoms. The van der Waals surface area contributed by atoms with E-state index >= 15 is 0 Å². The summed E-state index contributed by atoms with van der Waals surface area (Å²) in [6, 6.07) is 13.4. The molecule has 1 amide bonds. The van der Waals surface area contributed by atoms with Gasteiger partial charge in [-0.05, 0) is 34.0 Å². The zero-order chi connectivity index (χ0) is 13.5. The summed E-state index contributed by atoms with van der Waals surface area (Å²) in [7, 11) is 0. The smallest absolute Gasteiger partial charge is 0.262 e.